The minimum atomic E-state index is 0.0633. The van der Waals surface area contributed by atoms with Crippen molar-refractivity contribution in [2.75, 3.05) is 6.54 Å². The predicted octanol–water partition coefficient (Wildman–Crippen LogP) is 3.26. The van der Waals surface area contributed by atoms with E-state index in [1.165, 1.54) is 16.7 Å². The lowest BCUT2D eigenvalue weighted by atomic mass is 9.87. The Bertz CT molecular complexity index is 425. The van der Waals surface area contributed by atoms with Crippen LogP contribution in [0, 0.1) is 12.3 Å². The molecule has 0 aliphatic heterocycles. The van der Waals surface area contributed by atoms with Crippen LogP contribution in [0.5, 0.6) is 0 Å². The summed E-state index contributed by atoms with van der Waals surface area (Å²) in [5.74, 6) is 0.0633. The molecule has 0 saturated carbocycles. The van der Waals surface area contributed by atoms with Gasteiger partial charge in [-0.05, 0) is 36.3 Å². The monoisotopic (exact) mass is 247 g/mol. The zero-order valence-electron chi connectivity index (χ0n) is 12.3. The van der Waals surface area contributed by atoms with Crippen molar-refractivity contribution < 1.29 is 4.79 Å². The zero-order chi connectivity index (χ0) is 13.8. The number of hydrogen-bond acceptors (Lipinski definition) is 1. The van der Waals surface area contributed by atoms with E-state index in [9.17, 15) is 4.79 Å². The van der Waals surface area contributed by atoms with E-state index >= 15 is 0 Å². The highest BCUT2D eigenvalue weighted by Crippen LogP contribution is 2.36. The molecule has 1 aliphatic rings. The van der Waals surface area contributed by atoms with E-state index in [4.69, 9.17) is 0 Å². The first-order chi connectivity index (χ1) is 8.48. The van der Waals surface area contributed by atoms with E-state index in [2.05, 4.69) is 37.4 Å². The molecule has 0 bridgehead atoms. The van der Waals surface area contributed by atoms with Crippen molar-refractivity contribution in [3.05, 3.63) is 34.9 Å². The van der Waals surface area contributed by atoms with Gasteiger partial charge in [0.15, 0.2) is 0 Å². The average molecular weight is 247 g/mol. The first-order valence-corrected chi connectivity index (χ1v) is 6.81. The van der Waals surface area contributed by atoms with Gasteiger partial charge in [0, 0.05) is 13.5 Å². The van der Waals surface area contributed by atoms with Crippen LogP contribution in [-0.2, 0) is 17.6 Å². The van der Waals surface area contributed by atoms with E-state index < -0.39 is 0 Å². The Morgan fingerprint density at radius 2 is 1.89 bits per heavy atom. The molecule has 1 atom stereocenters. The summed E-state index contributed by atoms with van der Waals surface area (Å²) in [5.41, 5.74) is 4.41. The smallest absolute Gasteiger partial charge is 0.216 e. The van der Waals surface area contributed by atoms with Gasteiger partial charge in [-0.3, -0.25) is 4.79 Å². The van der Waals surface area contributed by atoms with E-state index in [-0.39, 0.29) is 11.3 Å². The van der Waals surface area contributed by atoms with Crippen LogP contribution in [0.2, 0.25) is 0 Å². The lowest BCUT2D eigenvalue weighted by Gasteiger charge is -2.23. The number of carbonyl (C=O) groups excluding carboxylic acids is 1. The maximum atomic E-state index is 11.0. The molecule has 2 heteroatoms. The van der Waals surface area contributed by atoms with Gasteiger partial charge in [-0.15, -0.1) is 0 Å². The SMILES string of the molecule is CC.CC(=O)NCC1(C)Cc2ccc(C)cc2C1. The fourth-order valence-electron chi connectivity index (χ4n) is 2.54. The highest BCUT2D eigenvalue weighted by molar-refractivity contribution is 5.72. The van der Waals surface area contributed by atoms with Gasteiger partial charge in [-0.2, -0.15) is 0 Å². The summed E-state index contributed by atoms with van der Waals surface area (Å²) in [7, 11) is 0. The third-order valence-corrected chi connectivity index (χ3v) is 3.36. The summed E-state index contributed by atoms with van der Waals surface area (Å²) in [6.45, 7) is 10.7. The topological polar surface area (TPSA) is 29.1 Å². The van der Waals surface area contributed by atoms with E-state index in [1.807, 2.05) is 13.8 Å². The van der Waals surface area contributed by atoms with Crippen LogP contribution in [0.4, 0.5) is 0 Å². The molecule has 0 aromatic heterocycles. The van der Waals surface area contributed by atoms with Gasteiger partial charge in [-0.25, -0.2) is 0 Å². The molecular formula is C16H25NO. The summed E-state index contributed by atoms with van der Waals surface area (Å²) in [5, 5.41) is 2.94. The van der Waals surface area contributed by atoms with Crippen LogP contribution in [-0.4, -0.2) is 12.5 Å². The Balaban J connectivity index is 0.000000771. The Labute approximate surface area is 111 Å². The van der Waals surface area contributed by atoms with Gasteiger partial charge in [0.25, 0.3) is 0 Å². The van der Waals surface area contributed by atoms with E-state index in [0.29, 0.717) is 0 Å². The second-order valence-electron chi connectivity index (χ2n) is 5.35. The van der Waals surface area contributed by atoms with Gasteiger partial charge >= 0.3 is 0 Å². The number of aryl methyl sites for hydroxylation is 1. The fraction of sp³-hybridized carbons (Fsp3) is 0.562. The minimum absolute atomic E-state index is 0.0633. The highest BCUT2D eigenvalue weighted by Gasteiger charge is 2.32. The zero-order valence-corrected chi connectivity index (χ0v) is 12.3. The standard InChI is InChI=1S/C14H19NO.C2H6/c1-10-4-5-12-7-14(3,8-13(12)6-10)9-15-11(2)16;1-2/h4-6H,7-9H2,1-3H3,(H,15,16);1-2H3. The second kappa shape index (κ2) is 6.03. The van der Waals surface area contributed by atoms with Crippen LogP contribution in [0.25, 0.3) is 0 Å². The number of benzene rings is 1. The normalized spacial score (nSPS) is 20.7. The van der Waals surface area contributed by atoms with Crippen molar-refractivity contribution in [1.29, 1.82) is 0 Å². The Hall–Kier alpha value is -1.31. The van der Waals surface area contributed by atoms with Crippen molar-refractivity contribution in [1.82, 2.24) is 5.32 Å². The lowest BCUT2D eigenvalue weighted by molar-refractivity contribution is -0.119. The molecule has 0 radical (unpaired) electrons. The first kappa shape index (κ1) is 14.7. The molecule has 0 saturated heterocycles. The molecule has 1 aromatic carbocycles. The van der Waals surface area contributed by atoms with Crippen molar-refractivity contribution in [2.45, 2.75) is 47.5 Å². The number of nitrogens with one attached hydrogen (secondary N) is 1. The number of amides is 1. The summed E-state index contributed by atoms with van der Waals surface area (Å²) < 4.78 is 0. The summed E-state index contributed by atoms with van der Waals surface area (Å²) >= 11 is 0. The van der Waals surface area contributed by atoms with Gasteiger partial charge in [-0.1, -0.05) is 44.5 Å². The van der Waals surface area contributed by atoms with Crippen LogP contribution in [0.15, 0.2) is 18.2 Å². The van der Waals surface area contributed by atoms with Crippen molar-refractivity contribution in [3.63, 3.8) is 0 Å². The maximum Gasteiger partial charge on any atom is 0.216 e. The van der Waals surface area contributed by atoms with Gasteiger partial charge in [0.1, 0.15) is 0 Å². The molecule has 2 nitrogen and oxygen atoms in total. The Kier molecular flexibility index (Phi) is 4.94. The molecule has 0 heterocycles. The molecule has 1 unspecified atom stereocenters. The predicted molar refractivity (Wildman–Crippen MR) is 76.7 cm³/mol. The molecule has 18 heavy (non-hydrogen) atoms. The highest BCUT2D eigenvalue weighted by atomic mass is 16.1. The average Bonchev–Trinajstić information content (AvgIpc) is 2.65. The van der Waals surface area contributed by atoms with Crippen LogP contribution in [0.1, 0.15) is 44.4 Å². The van der Waals surface area contributed by atoms with Crippen molar-refractivity contribution >= 4 is 5.91 Å². The third kappa shape index (κ3) is 3.59. The molecule has 1 amide bonds. The van der Waals surface area contributed by atoms with Crippen LogP contribution in [0.3, 0.4) is 0 Å². The Morgan fingerprint density at radius 1 is 1.28 bits per heavy atom. The molecule has 2 rings (SSSR count). The fourth-order valence-corrected chi connectivity index (χ4v) is 2.54. The second-order valence-corrected chi connectivity index (χ2v) is 5.35. The summed E-state index contributed by atoms with van der Waals surface area (Å²) in [4.78, 5) is 11.0. The van der Waals surface area contributed by atoms with E-state index in [1.54, 1.807) is 6.92 Å². The maximum absolute atomic E-state index is 11.0. The molecule has 1 N–H and O–H groups in total. The quantitative estimate of drug-likeness (QED) is 0.854. The van der Waals surface area contributed by atoms with Gasteiger partial charge in [0.05, 0.1) is 0 Å². The summed E-state index contributed by atoms with van der Waals surface area (Å²) in [6.07, 6.45) is 2.15. The van der Waals surface area contributed by atoms with Gasteiger partial charge < -0.3 is 5.32 Å². The number of carbonyl (C=O) groups is 1. The van der Waals surface area contributed by atoms with E-state index in [0.717, 1.165) is 19.4 Å². The molecule has 0 spiro atoms. The van der Waals surface area contributed by atoms with Crippen molar-refractivity contribution in [2.24, 2.45) is 5.41 Å². The summed E-state index contributed by atoms with van der Waals surface area (Å²) in [6, 6.07) is 6.67. The van der Waals surface area contributed by atoms with Crippen molar-refractivity contribution in [3.8, 4) is 0 Å². The first-order valence-electron chi connectivity index (χ1n) is 6.81. The molecule has 100 valence electrons. The van der Waals surface area contributed by atoms with Crippen LogP contribution >= 0.6 is 0 Å². The van der Waals surface area contributed by atoms with Crippen LogP contribution < -0.4 is 5.32 Å². The van der Waals surface area contributed by atoms with Gasteiger partial charge in [0.2, 0.25) is 5.91 Å². The third-order valence-electron chi connectivity index (χ3n) is 3.36. The number of fused-ring (bicyclic) bond motifs is 1. The molecule has 1 aliphatic carbocycles. The number of hydrogen-bond donors (Lipinski definition) is 1. The molecule has 0 fully saturated rings. The Morgan fingerprint density at radius 3 is 2.50 bits per heavy atom. The lowest BCUT2D eigenvalue weighted by Crippen LogP contribution is -2.35. The number of rotatable bonds is 2. The minimum Gasteiger partial charge on any atom is -0.356 e. The largest absolute Gasteiger partial charge is 0.356 e. The molecular weight excluding hydrogens is 222 g/mol. The molecule has 1 aromatic rings.